The summed E-state index contributed by atoms with van der Waals surface area (Å²) < 4.78 is 2.06. The highest BCUT2D eigenvalue weighted by molar-refractivity contribution is 5.92. The molecule has 0 aliphatic carbocycles. The summed E-state index contributed by atoms with van der Waals surface area (Å²) in [6, 6.07) is 6.26. The Hall–Kier alpha value is -2.56. The van der Waals surface area contributed by atoms with Gasteiger partial charge in [-0.1, -0.05) is 0 Å². The molecular weight excluding hydrogens is 256 g/mol. The maximum absolute atomic E-state index is 10.9. The topological polar surface area (TPSA) is 74.8 Å². The van der Waals surface area contributed by atoms with Gasteiger partial charge in [0, 0.05) is 30.2 Å². The van der Waals surface area contributed by atoms with Crippen molar-refractivity contribution in [3.8, 4) is 5.75 Å². The molecule has 1 aromatic carbocycles. The standard InChI is InChI=1S/C15H16N2O3/c1-9-6-11(10(2)17(9)3)8-16-12-4-5-14(18)13(7-12)15(19)20/h4-8,18H,1-3H3,(H,19,20). The van der Waals surface area contributed by atoms with Crippen LogP contribution in [0.2, 0.25) is 0 Å². The van der Waals surface area contributed by atoms with Crippen molar-refractivity contribution in [3.63, 3.8) is 0 Å². The first kappa shape index (κ1) is 13.9. The SMILES string of the molecule is Cc1cc(C=Nc2ccc(O)c(C(=O)O)c2)c(C)n1C. The van der Waals surface area contributed by atoms with E-state index in [2.05, 4.69) is 9.56 Å². The quantitative estimate of drug-likeness (QED) is 0.844. The molecule has 0 atom stereocenters. The van der Waals surface area contributed by atoms with E-state index in [0.29, 0.717) is 5.69 Å². The zero-order valence-corrected chi connectivity index (χ0v) is 11.6. The normalized spacial score (nSPS) is 11.2. The van der Waals surface area contributed by atoms with E-state index in [0.717, 1.165) is 17.0 Å². The summed E-state index contributed by atoms with van der Waals surface area (Å²) in [5.41, 5.74) is 3.53. The second-order valence-corrected chi connectivity index (χ2v) is 4.65. The van der Waals surface area contributed by atoms with E-state index in [4.69, 9.17) is 5.11 Å². The van der Waals surface area contributed by atoms with Gasteiger partial charge in [-0.25, -0.2) is 4.79 Å². The summed E-state index contributed by atoms with van der Waals surface area (Å²) in [5.74, 6) is -1.44. The number of carbonyl (C=O) groups is 1. The molecule has 2 rings (SSSR count). The molecule has 5 nitrogen and oxygen atoms in total. The molecule has 1 aromatic heterocycles. The molecule has 20 heavy (non-hydrogen) atoms. The highest BCUT2D eigenvalue weighted by atomic mass is 16.4. The number of carboxylic acid groups (broad SMARTS) is 1. The van der Waals surface area contributed by atoms with Gasteiger partial charge in [0.25, 0.3) is 0 Å². The molecule has 0 radical (unpaired) electrons. The lowest BCUT2D eigenvalue weighted by Gasteiger charge is -2.01. The first-order chi connectivity index (χ1) is 9.40. The van der Waals surface area contributed by atoms with Crippen molar-refractivity contribution in [3.05, 3.63) is 46.8 Å². The number of benzene rings is 1. The average molecular weight is 272 g/mol. The van der Waals surface area contributed by atoms with Gasteiger partial charge in [0.05, 0.1) is 5.69 Å². The number of aromatic hydroxyl groups is 1. The number of nitrogens with zero attached hydrogens (tertiary/aromatic N) is 2. The maximum Gasteiger partial charge on any atom is 0.339 e. The number of aromatic nitrogens is 1. The molecule has 0 saturated carbocycles. The number of phenols is 1. The van der Waals surface area contributed by atoms with E-state index in [1.54, 1.807) is 12.3 Å². The summed E-state index contributed by atoms with van der Waals surface area (Å²) in [6.07, 6.45) is 1.69. The van der Waals surface area contributed by atoms with Gasteiger partial charge in [0.15, 0.2) is 0 Å². The van der Waals surface area contributed by atoms with Crippen LogP contribution in [0.25, 0.3) is 0 Å². The Balaban J connectivity index is 2.34. The van der Waals surface area contributed by atoms with Crippen molar-refractivity contribution >= 4 is 17.9 Å². The Morgan fingerprint density at radius 2 is 2.00 bits per heavy atom. The van der Waals surface area contributed by atoms with Gasteiger partial charge in [0.2, 0.25) is 0 Å². The molecule has 2 N–H and O–H groups in total. The van der Waals surface area contributed by atoms with Crippen LogP contribution in [0.4, 0.5) is 5.69 Å². The number of aliphatic imine (C=N–C) groups is 1. The average Bonchev–Trinajstić information content (AvgIpc) is 2.65. The number of hydrogen-bond donors (Lipinski definition) is 2. The Morgan fingerprint density at radius 3 is 2.55 bits per heavy atom. The van der Waals surface area contributed by atoms with Crippen LogP contribution < -0.4 is 0 Å². The van der Waals surface area contributed by atoms with Gasteiger partial charge >= 0.3 is 5.97 Å². The van der Waals surface area contributed by atoms with Gasteiger partial charge in [0.1, 0.15) is 11.3 Å². The predicted octanol–water partition coefficient (Wildman–Crippen LogP) is 2.80. The zero-order valence-electron chi connectivity index (χ0n) is 11.6. The third-order valence-corrected chi connectivity index (χ3v) is 3.38. The molecule has 0 bridgehead atoms. The van der Waals surface area contributed by atoms with E-state index in [1.807, 2.05) is 27.0 Å². The Morgan fingerprint density at radius 1 is 1.30 bits per heavy atom. The fourth-order valence-corrected chi connectivity index (χ4v) is 1.93. The molecule has 0 amide bonds. The molecule has 104 valence electrons. The Kier molecular flexibility index (Phi) is 3.61. The molecule has 0 spiro atoms. The summed E-state index contributed by atoms with van der Waals surface area (Å²) in [5, 5.41) is 18.4. The minimum atomic E-state index is -1.17. The lowest BCUT2D eigenvalue weighted by atomic mass is 10.2. The van der Waals surface area contributed by atoms with Gasteiger partial charge in [-0.05, 0) is 38.1 Å². The summed E-state index contributed by atoms with van der Waals surface area (Å²) in [4.78, 5) is 15.2. The van der Waals surface area contributed by atoms with E-state index in [1.165, 1.54) is 12.1 Å². The van der Waals surface area contributed by atoms with Crippen LogP contribution >= 0.6 is 0 Å². The van der Waals surface area contributed by atoms with E-state index in [-0.39, 0.29) is 11.3 Å². The predicted molar refractivity (Wildman–Crippen MR) is 77.2 cm³/mol. The van der Waals surface area contributed by atoms with Crippen LogP contribution in [0.5, 0.6) is 5.75 Å². The molecule has 0 unspecified atom stereocenters. The molecule has 0 fully saturated rings. The summed E-state index contributed by atoms with van der Waals surface area (Å²) in [7, 11) is 1.98. The number of carboxylic acids is 1. The number of aryl methyl sites for hydroxylation is 1. The molecule has 1 heterocycles. The lowest BCUT2D eigenvalue weighted by Crippen LogP contribution is -1.96. The Bertz CT molecular complexity index is 699. The fraction of sp³-hybridized carbons (Fsp3) is 0.200. The largest absolute Gasteiger partial charge is 0.507 e. The van der Waals surface area contributed by atoms with Gasteiger partial charge in [-0.15, -0.1) is 0 Å². The minimum Gasteiger partial charge on any atom is -0.507 e. The van der Waals surface area contributed by atoms with Crippen molar-refractivity contribution in [2.45, 2.75) is 13.8 Å². The molecule has 5 heteroatoms. The first-order valence-corrected chi connectivity index (χ1v) is 6.13. The van der Waals surface area contributed by atoms with Gasteiger partial charge < -0.3 is 14.8 Å². The fourth-order valence-electron chi connectivity index (χ4n) is 1.93. The second kappa shape index (κ2) is 5.21. The van der Waals surface area contributed by atoms with Gasteiger partial charge in [-0.3, -0.25) is 4.99 Å². The van der Waals surface area contributed by atoms with Crippen molar-refractivity contribution in [1.29, 1.82) is 0 Å². The monoisotopic (exact) mass is 272 g/mol. The van der Waals surface area contributed by atoms with Crippen LogP contribution in [-0.2, 0) is 7.05 Å². The summed E-state index contributed by atoms with van der Waals surface area (Å²) >= 11 is 0. The molecule has 0 aliphatic rings. The van der Waals surface area contributed by atoms with Crippen molar-refractivity contribution < 1.29 is 15.0 Å². The third kappa shape index (κ3) is 2.56. The Labute approximate surface area is 116 Å². The maximum atomic E-state index is 10.9. The molecular formula is C15H16N2O3. The van der Waals surface area contributed by atoms with Crippen molar-refractivity contribution in [1.82, 2.24) is 4.57 Å². The van der Waals surface area contributed by atoms with Crippen molar-refractivity contribution in [2.24, 2.45) is 12.0 Å². The number of aromatic carboxylic acids is 1. The van der Waals surface area contributed by atoms with E-state index < -0.39 is 5.97 Å². The first-order valence-electron chi connectivity index (χ1n) is 6.13. The van der Waals surface area contributed by atoms with Crippen molar-refractivity contribution in [2.75, 3.05) is 0 Å². The van der Waals surface area contributed by atoms with Crippen LogP contribution in [0.15, 0.2) is 29.3 Å². The zero-order chi connectivity index (χ0) is 14.9. The summed E-state index contributed by atoms with van der Waals surface area (Å²) in [6.45, 7) is 4.00. The van der Waals surface area contributed by atoms with E-state index >= 15 is 0 Å². The van der Waals surface area contributed by atoms with Crippen LogP contribution in [0.1, 0.15) is 27.3 Å². The second-order valence-electron chi connectivity index (χ2n) is 4.65. The molecule has 2 aromatic rings. The molecule has 0 saturated heterocycles. The minimum absolute atomic E-state index is 0.152. The smallest absolute Gasteiger partial charge is 0.339 e. The highest BCUT2D eigenvalue weighted by Crippen LogP contribution is 2.23. The highest BCUT2D eigenvalue weighted by Gasteiger charge is 2.09. The van der Waals surface area contributed by atoms with Crippen LogP contribution in [-0.4, -0.2) is 27.0 Å². The lowest BCUT2D eigenvalue weighted by molar-refractivity contribution is 0.0694. The van der Waals surface area contributed by atoms with Crippen LogP contribution in [0, 0.1) is 13.8 Å². The molecule has 0 aliphatic heterocycles. The number of hydrogen-bond acceptors (Lipinski definition) is 3. The number of rotatable bonds is 3. The van der Waals surface area contributed by atoms with E-state index in [9.17, 15) is 9.90 Å². The van der Waals surface area contributed by atoms with Crippen LogP contribution in [0.3, 0.4) is 0 Å². The third-order valence-electron chi connectivity index (χ3n) is 3.38. The van der Waals surface area contributed by atoms with Gasteiger partial charge in [-0.2, -0.15) is 0 Å².